The fourth-order valence-corrected chi connectivity index (χ4v) is 2.00. The number of amides is 2. The van der Waals surface area contributed by atoms with Gasteiger partial charge >= 0.3 is 0 Å². The standard InChI is InChI=1S/C16H20N4O2/c1-2-5-15(21)18-13-6-3-7-14(12-13)19-16(22)8-11-20-10-4-9-17-20/h3-4,6-7,9-10,12H,2,5,8,11H2,1H3,(H,18,21)(H,19,22). The molecule has 0 bridgehead atoms. The number of carbonyl (C=O) groups is 2. The Morgan fingerprint density at radius 3 is 2.36 bits per heavy atom. The molecule has 6 heteroatoms. The number of anilines is 2. The Kier molecular flexibility index (Phi) is 5.71. The van der Waals surface area contributed by atoms with Crippen molar-refractivity contribution in [1.29, 1.82) is 0 Å². The molecule has 1 aromatic carbocycles. The van der Waals surface area contributed by atoms with Crippen LogP contribution in [0.1, 0.15) is 26.2 Å². The van der Waals surface area contributed by atoms with Gasteiger partial charge in [-0.25, -0.2) is 0 Å². The summed E-state index contributed by atoms with van der Waals surface area (Å²) in [7, 11) is 0. The molecule has 116 valence electrons. The predicted molar refractivity (Wildman–Crippen MR) is 85.5 cm³/mol. The van der Waals surface area contributed by atoms with E-state index >= 15 is 0 Å². The summed E-state index contributed by atoms with van der Waals surface area (Å²) >= 11 is 0. The lowest BCUT2D eigenvalue weighted by Gasteiger charge is -2.09. The van der Waals surface area contributed by atoms with Crippen LogP contribution in [0.4, 0.5) is 11.4 Å². The quantitative estimate of drug-likeness (QED) is 0.825. The summed E-state index contributed by atoms with van der Waals surface area (Å²) in [4.78, 5) is 23.5. The summed E-state index contributed by atoms with van der Waals surface area (Å²) in [6.07, 6.45) is 5.13. The summed E-state index contributed by atoms with van der Waals surface area (Å²) in [6.45, 7) is 2.49. The Hall–Kier alpha value is -2.63. The molecule has 1 aromatic heterocycles. The molecule has 0 atom stereocenters. The van der Waals surface area contributed by atoms with Gasteiger partial charge in [-0.15, -0.1) is 0 Å². The minimum absolute atomic E-state index is 0.0235. The largest absolute Gasteiger partial charge is 0.326 e. The molecule has 2 amide bonds. The van der Waals surface area contributed by atoms with E-state index < -0.39 is 0 Å². The molecule has 6 nitrogen and oxygen atoms in total. The lowest BCUT2D eigenvalue weighted by atomic mass is 10.2. The highest BCUT2D eigenvalue weighted by Gasteiger charge is 2.05. The van der Waals surface area contributed by atoms with Gasteiger partial charge in [0.2, 0.25) is 11.8 Å². The number of benzene rings is 1. The highest BCUT2D eigenvalue weighted by molar-refractivity contribution is 5.94. The van der Waals surface area contributed by atoms with Gasteiger partial charge in [0.25, 0.3) is 0 Å². The van der Waals surface area contributed by atoms with Crippen LogP contribution in [0.3, 0.4) is 0 Å². The normalized spacial score (nSPS) is 10.2. The molecular formula is C16H20N4O2. The second-order valence-electron chi connectivity index (χ2n) is 4.95. The first-order valence-corrected chi connectivity index (χ1v) is 7.34. The molecule has 22 heavy (non-hydrogen) atoms. The second-order valence-corrected chi connectivity index (χ2v) is 4.95. The first kappa shape index (κ1) is 15.8. The van der Waals surface area contributed by atoms with Crippen LogP contribution < -0.4 is 10.6 Å². The number of nitrogens with zero attached hydrogens (tertiary/aromatic N) is 2. The van der Waals surface area contributed by atoms with Crippen molar-refractivity contribution in [2.24, 2.45) is 0 Å². The molecule has 0 aliphatic rings. The van der Waals surface area contributed by atoms with E-state index in [1.165, 1.54) is 0 Å². The van der Waals surface area contributed by atoms with Gasteiger partial charge in [0.1, 0.15) is 0 Å². The van der Waals surface area contributed by atoms with E-state index in [2.05, 4.69) is 15.7 Å². The van der Waals surface area contributed by atoms with Gasteiger partial charge in [0, 0.05) is 43.2 Å². The van der Waals surface area contributed by atoms with Gasteiger partial charge in [-0.2, -0.15) is 5.10 Å². The summed E-state index contributed by atoms with van der Waals surface area (Å²) < 4.78 is 1.71. The third kappa shape index (κ3) is 5.05. The zero-order chi connectivity index (χ0) is 15.8. The molecule has 2 rings (SSSR count). The maximum Gasteiger partial charge on any atom is 0.226 e. The lowest BCUT2D eigenvalue weighted by molar-refractivity contribution is -0.117. The van der Waals surface area contributed by atoms with E-state index in [9.17, 15) is 9.59 Å². The monoisotopic (exact) mass is 300 g/mol. The topological polar surface area (TPSA) is 76.0 Å². The summed E-state index contributed by atoms with van der Waals surface area (Å²) in [6, 6.07) is 8.96. The minimum atomic E-state index is -0.0902. The fourth-order valence-electron chi connectivity index (χ4n) is 2.00. The predicted octanol–water partition coefficient (Wildman–Crippen LogP) is 2.65. The molecule has 0 aliphatic carbocycles. The Bertz CT molecular complexity index is 623. The number of hydrogen-bond donors (Lipinski definition) is 2. The SMILES string of the molecule is CCCC(=O)Nc1cccc(NC(=O)CCn2cccn2)c1. The van der Waals surface area contributed by atoms with Crippen LogP contribution in [-0.4, -0.2) is 21.6 Å². The highest BCUT2D eigenvalue weighted by atomic mass is 16.2. The molecule has 0 unspecified atom stereocenters. The molecule has 0 saturated heterocycles. The van der Waals surface area contributed by atoms with Gasteiger partial charge < -0.3 is 10.6 Å². The molecule has 1 heterocycles. The van der Waals surface area contributed by atoms with E-state index in [4.69, 9.17) is 0 Å². The molecule has 0 spiro atoms. The van der Waals surface area contributed by atoms with Crippen molar-refractivity contribution in [1.82, 2.24) is 9.78 Å². The second kappa shape index (κ2) is 7.97. The van der Waals surface area contributed by atoms with Gasteiger partial charge in [-0.05, 0) is 30.7 Å². The maximum absolute atomic E-state index is 11.9. The smallest absolute Gasteiger partial charge is 0.226 e. The Balaban J connectivity index is 1.86. The van der Waals surface area contributed by atoms with E-state index in [0.29, 0.717) is 30.8 Å². The van der Waals surface area contributed by atoms with E-state index in [1.54, 1.807) is 35.1 Å². The first-order valence-electron chi connectivity index (χ1n) is 7.34. The molecule has 0 saturated carbocycles. The van der Waals surface area contributed by atoms with Gasteiger partial charge in [-0.1, -0.05) is 13.0 Å². The average molecular weight is 300 g/mol. The fraction of sp³-hybridized carbons (Fsp3) is 0.312. The van der Waals surface area contributed by atoms with E-state index in [1.807, 2.05) is 19.2 Å². The Morgan fingerprint density at radius 1 is 1.09 bits per heavy atom. The van der Waals surface area contributed by atoms with Crippen LogP contribution in [-0.2, 0) is 16.1 Å². The van der Waals surface area contributed by atoms with Crippen molar-refractivity contribution in [3.63, 3.8) is 0 Å². The number of carbonyl (C=O) groups excluding carboxylic acids is 2. The van der Waals surface area contributed by atoms with Crippen molar-refractivity contribution in [3.8, 4) is 0 Å². The molecule has 0 radical (unpaired) electrons. The van der Waals surface area contributed by atoms with Crippen LogP contribution in [0.5, 0.6) is 0 Å². The van der Waals surface area contributed by atoms with Gasteiger partial charge in [0.15, 0.2) is 0 Å². The van der Waals surface area contributed by atoms with Crippen molar-refractivity contribution in [2.75, 3.05) is 10.6 Å². The average Bonchev–Trinajstić information content (AvgIpc) is 2.99. The van der Waals surface area contributed by atoms with E-state index in [0.717, 1.165) is 6.42 Å². The van der Waals surface area contributed by atoms with Crippen molar-refractivity contribution < 1.29 is 9.59 Å². The molecule has 0 aliphatic heterocycles. The van der Waals surface area contributed by atoms with Gasteiger partial charge in [-0.3, -0.25) is 14.3 Å². The number of aryl methyl sites for hydroxylation is 1. The van der Waals surface area contributed by atoms with Crippen molar-refractivity contribution >= 4 is 23.2 Å². The minimum Gasteiger partial charge on any atom is -0.326 e. The molecule has 2 aromatic rings. The van der Waals surface area contributed by atoms with Crippen LogP contribution in [0.2, 0.25) is 0 Å². The molecule has 2 N–H and O–H groups in total. The third-order valence-corrected chi connectivity index (χ3v) is 3.03. The Labute approximate surface area is 129 Å². The number of hydrogen-bond acceptors (Lipinski definition) is 3. The Morgan fingerprint density at radius 2 is 1.77 bits per heavy atom. The van der Waals surface area contributed by atoms with E-state index in [-0.39, 0.29) is 11.8 Å². The number of aromatic nitrogens is 2. The molecular weight excluding hydrogens is 280 g/mol. The summed E-state index contributed by atoms with van der Waals surface area (Å²) in [5.41, 5.74) is 1.35. The first-order chi connectivity index (χ1) is 10.7. The van der Waals surface area contributed by atoms with Crippen LogP contribution in [0.15, 0.2) is 42.7 Å². The molecule has 0 fully saturated rings. The summed E-state index contributed by atoms with van der Waals surface area (Å²) in [5.74, 6) is -0.114. The van der Waals surface area contributed by atoms with Gasteiger partial charge in [0.05, 0.1) is 0 Å². The lowest BCUT2D eigenvalue weighted by Crippen LogP contribution is -2.15. The van der Waals surface area contributed by atoms with Crippen molar-refractivity contribution in [2.45, 2.75) is 32.7 Å². The van der Waals surface area contributed by atoms with Crippen LogP contribution in [0, 0.1) is 0 Å². The van der Waals surface area contributed by atoms with Crippen molar-refractivity contribution in [3.05, 3.63) is 42.7 Å². The highest BCUT2D eigenvalue weighted by Crippen LogP contribution is 2.15. The van der Waals surface area contributed by atoms with Crippen LogP contribution in [0.25, 0.3) is 0 Å². The zero-order valence-electron chi connectivity index (χ0n) is 12.6. The third-order valence-electron chi connectivity index (χ3n) is 3.03. The van der Waals surface area contributed by atoms with Crippen LogP contribution >= 0.6 is 0 Å². The maximum atomic E-state index is 11.9. The number of rotatable bonds is 7. The number of nitrogens with one attached hydrogen (secondary N) is 2. The zero-order valence-corrected chi connectivity index (χ0v) is 12.6. The summed E-state index contributed by atoms with van der Waals surface area (Å²) in [5, 5.41) is 9.67.